The number of aromatic nitrogens is 5. The maximum Gasteiger partial charge on any atom is 0.419 e. The summed E-state index contributed by atoms with van der Waals surface area (Å²) in [6.45, 7) is 17.0. The lowest BCUT2D eigenvalue weighted by Crippen LogP contribution is -2.41. The summed E-state index contributed by atoms with van der Waals surface area (Å²) in [5, 5.41) is 12.8. The highest BCUT2D eigenvalue weighted by Crippen LogP contribution is 2.39. The van der Waals surface area contributed by atoms with E-state index in [2.05, 4.69) is 10.4 Å². The van der Waals surface area contributed by atoms with Gasteiger partial charge in [-0.3, -0.25) is 13.9 Å². The van der Waals surface area contributed by atoms with Crippen LogP contribution in [0, 0.1) is 0 Å². The average molecular weight is 633 g/mol. The van der Waals surface area contributed by atoms with Crippen LogP contribution in [0.4, 0.5) is 9.59 Å². The number of nitrogens with zero attached hydrogens (tertiary/aromatic N) is 5. The summed E-state index contributed by atoms with van der Waals surface area (Å²) in [5.74, 6) is -0.378. The molecule has 1 atom stereocenters. The minimum Gasteiger partial charge on any atom is -0.443 e. The fourth-order valence-corrected chi connectivity index (χ4v) is 5.35. The highest BCUT2D eigenvalue weighted by molar-refractivity contribution is 6.14. The summed E-state index contributed by atoms with van der Waals surface area (Å²) in [5.41, 5.74) is 0.607. The van der Waals surface area contributed by atoms with Crippen molar-refractivity contribution in [2.45, 2.75) is 105 Å². The van der Waals surface area contributed by atoms with Crippen molar-refractivity contribution < 1.29 is 28.6 Å². The number of fused-ring (bicyclic) bond motifs is 1. The minimum atomic E-state index is -0.777. The van der Waals surface area contributed by atoms with Crippen LogP contribution >= 0.6 is 0 Å². The Hall–Kier alpha value is -4.45. The van der Waals surface area contributed by atoms with Gasteiger partial charge in [-0.2, -0.15) is 15.0 Å². The predicted octanol–water partition coefficient (Wildman–Crippen LogP) is 7.16. The molecule has 3 aromatic heterocycles. The molecule has 5 rings (SSSR count). The third-order valence-electron chi connectivity index (χ3n) is 7.11. The standard InChI is InChI=1S/C34H44N6O6/c1-32(2,3)36-29(41)27-22-16-17-38(30(42)45-33(4,5)6)25(22)14-13-23(27)28-21(15-18-39(28)31(43)46-34(7,8)9)24-20-35-40(37-24)26-12-10-11-19-44-26/h13-18,20,26H,10-12,19H2,1-9H3,(H,36,41). The molecule has 4 heterocycles. The van der Waals surface area contributed by atoms with Crippen LogP contribution in [-0.4, -0.2) is 65.6 Å². The molecule has 0 aliphatic carbocycles. The second-order valence-electron chi connectivity index (χ2n) is 14.6. The Bertz CT molecular complexity index is 1770. The number of amides is 1. The Labute approximate surface area is 269 Å². The lowest BCUT2D eigenvalue weighted by Gasteiger charge is -2.24. The monoisotopic (exact) mass is 632 g/mol. The zero-order valence-corrected chi connectivity index (χ0v) is 28.1. The first-order valence-electron chi connectivity index (χ1n) is 15.6. The summed E-state index contributed by atoms with van der Waals surface area (Å²) in [6.07, 6.45) is 6.14. The predicted molar refractivity (Wildman–Crippen MR) is 174 cm³/mol. The van der Waals surface area contributed by atoms with Gasteiger partial charge in [0.25, 0.3) is 5.91 Å². The van der Waals surface area contributed by atoms with Gasteiger partial charge in [-0.1, -0.05) is 0 Å². The van der Waals surface area contributed by atoms with Crippen LogP contribution in [0.2, 0.25) is 0 Å². The summed E-state index contributed by atoms with van der Waals surface area (Å²) >= 11 is 0. The van der Waals surface area contributed by atoms with Crippen molar-refractivity contribution >= 4 is 29.0 Å². The zero-order valence-electron chi connectivity index (χ0n) is 28.1. The second-order valence-corrected chi connectivity index (χ2v) is 14.6. The maximum absolute atomic E-state index is 14.2. The molecule has 246 valence electrons. The molecule has 1 saturated heterocycles. The fourth-order valence-electron chi connectivity index (χ4n) is 5.35. The summed E-state index contributed by atoms with van der Waals surface area (Å²) in [7, 11) is 0. The molecule has 1 aromatic carbocycles. The number of carbonyl (C=O) groups is 3. The molecule has 1 aliphatic heterocycles. The zero-order chi connectivity index (χ0) is 33.6. The average Bonchev–Trinajstić information content (AvgIpc) is 3.68. The Balaban J connectivity index is 1.74. The van der Waals surface area contributed by atoms with Crippen molar-refractivity contribution in [3.8, 4) is 22.5 Å². The van der Waals surface area contributed by atoms with Crippen LogP contribution in [0.25, 0.3) is 33.4 Å². The van der Waals surface area contributed by atoms with Crippen molar-refractivity contribution in [1.29, 1.82) is 0 Å². The van der Waals surface area contributed by atoms with E-state index in [4.69, 9.17) is 19.3 Å². The normalized spacial score (nSPS) is 16.0. The van der Waals surface area contributed by atoms with E-state index < -0.39 is 28.9 Å². The van der Waals surface area contributed by atoms with E-state index >= 15 is 0 Å². The molecule has 1 unspecified atom stereocenters. The fraction of sp³-hybridized carbons (Fsp3) is 0.500. The number of carbonyl (C=O) groups excluding carboxylic acids is 3. The van der Waals surface area contributed by atoms with Gasteiger partial charge in [0.05, 0.1) is 23.0 Å². The van der Waals surface area contributed by atoms with Crippen LogP contribution in [0.15, 0.2) is 42.9 Å². The van der Waals surface area contributed by atoms with Crippen molar-refractivity contribution in [1.82, 2.24) is 29.4 Å². The van der Waals surface area contributed by atoms with Gasteiger partial charge < -0.3 is 19.5 Å². The smallest absolute Gasteiger partial charge is 0.419 e. The topological polar surface area (TPSA) is 131 Å². The first-order valence-corrected chi connectivity index (χ1v) is 15.6. The van der Waals surface area contributed by atoms with E-state index in [1.165, 1.54) is 9.13 Å². The SMILES string of the molecule is CC(C)(C)NC(=O)c1c(-c2c(-c3cnn(C4CCCCO4)n3)ccn2C(=O)OC(C)(C)C)ccc2c1ccn2C(=O)OC(C)(C)C. The molecule has 1 aliphatic rings. The van der Waals surface area contributed by atoms with Crippen LogP contribution in [0.5, 0.6) is 0 Å². The number of rotatable bonds is 4. The van der Waals surface area contributed by atoms with Gasteiger partial charge in [0, 0.05) is 41.1 Å². The maximum atomic E-state index is 14.2. The third-order valence-corrected chi connectivity index (χ3v) is 7.11. The van der Waals surface area contributed by atoms with E-state index in [1.54, 1.807) is 89.2 Å². The highest BCUT2D eigenvalue weighted by Gasteiger charge is 2.30. The Morgan fingerprint density at radius 3 is 2.11 bits per heavy atom. The molecule has 0 saturated carbocycles. The van der Waals surface area contributed by atoms with E-state index in [1.807, 2.05) is 20.8 Å². The van der Waals surface area contributed by atoms with Gasteiger partial charge >= 0.3 is 12.2 Å². The minimum absolute atomic E-state index is 0.280. The van der Waals surface area contributed by atoms with Crippen LogP contribution in [0.1, 0.15) is 98.2 Å². The Morgan fingerprint density at radius 1 is 0.848 bits per heavy atom. The summed E-state index contributed by atoms with van der Waals surface area (Å²) in [4.78, 5) is 42.5. The number of hydrogen-bond donors (Lipinski definition) is 1. The summed E-state index contributed by atoms with van der Waals surface area (Å²) < 4.78 is 20.1. The van der Waals surface area contributed by atoms with Crippen molar-refractivity contribution in [3.63, 3.8) is 0 Å². The number of hydrogen-bond acceptors (Lipinski definition) is 8. The van der Waals surface area contributed by atoms with Gasteiger partial charge in [0.1, 0.15) is 16.9 Å². The lowest BCUT2D eigenvalue weighted by molar-refractivity contribution is -0.0479. The van der Waals surface area contributed by atoms with Crippen molar-refractivity contribution in [2.24, 2.45) is 0 Å². The first kappa shape index (κ1) is 32.9. The number of ether oxygens (including phenoxy) is 3. The van der Waals surface area contributed by atoms with E-state index in [-0.39, 0.29) is 17.7 Å². The second kappa shape index (κ2) is 12.1. The van der Waals surface area contributed by atoms with Crippen LogP contribution in [0.3, 0.4) is 0 Å². The quantitative estimate of drug-likeness (QED) is 0.251. The van der Waals surface area contributed by atoms with Gasteiger partial charge in [0.2, 0.25) is 0 Å². The third kappa shape index (κ3) is 7.17. The van der Waals surface area contributed by atoms with Gasteiger partial charge in [-0.25, -0.2) is 9.59 Å². The number of nitrogens with one attached hydrogen (secondary N) is 1. The highest BCUT2D eigenvalue weighted by atomic mass is 16.6. The Morgan fingerprint density at radius 2 is 1.50 bits per heavy atom. The van der Waals surface area contributed by atoms with Gasteiger partial charge in [0.15, 0.2) is 6.23 Å². The summed E-state index contributed by atoms with van der Waals surface area (Å²) in [6, 6.07) is 6.94. The Kier molecular flexibility index (Phi) is 8.63. The molecule has 12 heteroatoms. The molecular weight excluding hydrogens is 588 g/mol. The first-order chi connectivity index (χ1) is 21.4. The molecule has 0 radical (unpaired) electrons. The van der Waals surface area contributed by atoms with E-state index in [0.717, 1.165) is 19.3 Å². The van der Waals surface area contributed by atoms with Crippen LogP contribution < -0.4 is 5.32 Å². The van der Waals surface area contributed by atoms with Crippen LogP contribution in [-0.2, 0) is 14.2 Å². The largest absolute Gasteiger partial charge is 0.443 e. The number of benzene rings is 1. The molecular formula is C34H44N6O6. The van der Waals surface area contributed by atoms with Gasteiger partial charge in [-0.05, 0) is 106 Å². The molecule has 12 nitrogen and oxygen atoms in total. The lowest BCUT2D eigenvalue weighted by atomic mass is 9.95. The molecule has 1 fully saturated rings. The molecule has 1 N–H and O–H groups in total. The molecule has 0 bridgehead atoms. The van der Waals surface area contributed by atoms with Crippen molar-refractivity contribution in [2.75, 3.05) is 6.61 Å². The van der Waals surface area contributed by atoms with E-state index in [0.29, 0.717) is 40.0 Å². The molecule has 46 heavy (non-hydrogen) atoms. The molecule has 0 spiro atoms. The molecule has 4 aromatic rings. The molecule has 1 amide bonds. The van der Waals surface area contributed by atoms with Crippen molar-refractivity contribution in [3.05, 3.63) is 48.4 Å². The van der Waals surface area contributed by atoms with Gasteiger partial charge in [-0.15, -0.1) is 0 Å². The van der Waals surface area contributed by atoms with E-state index in [9.17, 15) is 14.4 Å².